The third-order valence-electron chi connectivity index (χ3n) is 4.61. The van der Waals surface area contributed by atoms with Gasteiger partial charge in [-0.15, -0.1) is 0 Å². The smallest absolute Gasteiger partial charge is 0.323 e. The molecule has 0 spiro atoms. The van der Waals surface area contributed by atoms with Gasteiger partial charge in [-0.3, -0.25) is 9.59 Å². The van der Waals surface area contributed by atoms with Gasteiger partial charge in [-0.2, -0.15) is 10.1 Å². The van der Waals surface area contributed by atoms with Gasteiger partial charge >= 0.3 is 5.97 Å². The molecule has 0 bridgehead atoms. The van der Waals surface area contributed by atoms with Gasteiger partial charge in [0.1, 0.15) is 5.60 Å². The molecule has 2 heterocycles. The maximum atomic E-state index is 13.0. The maximum Gasteiger partial charge on any atom is 0.323 e. The van der Waals surface area contributed by atoms with E-state index in [1.165, 1.54) is 0 Å². The molecule has 10 heteroatoms. The Morgan fingerprint density at radius 2 is 2.07 bits per heavy atom. The predicted molar refractivity (Wildman–Crippen MR) is 113 cm³/mol. The van der Waals surface area contributed by atoms with Crippen molar-refractivity contribution < 1.29 is 19.1 Å². The normalized spacial score (nSPS) is 18.1. The van der Waals surface area contributed by atoms with Gasteiger partial charge in [-0.05, 0) is 52.2 Å². The second kappa shape index (κ2) is 8.61. The lowest BCUT2D eigenvalue weighted by Gasteiger charge is -2.24. The first-order chi connectivity index (χ1) is 14.1. The lowest BCUT2D eigenvalue weighted by atomic mass is 9.94. The highest BCUT2D eigenvalue weighted by Gasteiger charge is 2.36. The monoisotopic (exact) mass is 435 g/mol. The molecule has 3 rings (SSSR count). The van der Waals surface area contributed by atoms with Gasteiger partial charge in [0.05, 0.1) is 11.7 Å². The molecule has 4 N–H and O–H groups in total. The SMILES string of the molecule is CC(C)(C)OC(=O)C(C(=O)N=C(N)N)c1c(Cl)ccc2c1cnn2C1CCCCO1. The summed E-state index contributed by atoms with van der Waals surface area (Å²) >= 11 is 6.45. The van der Waals surface area contributed by atoms with Crippen molar-refractivity contribution in [1.82, 2.24) is 9.78 Å². The van der Waals surface area contributed by atoms with Crippen molar-refractivity contribution in [3.63, 3.8) is 0 Å². The highest BCUT2D eigenvalue weighted by atomic mass is 35.5. The van der Waals surface area contributed by atoms with Crippen LogP contribution in [0, 0.1) is 0 Å². The summed E-state index contributed by atoms with van der Waals surface area (Å²) in [6.45, 7) is 5.75. The maximum absolute atomic E-state index is 13.0. The van der Waals surface area contributed by atoms with E-state index in [9.17, 15) is 9.59 Å². The molecule has 2 aromatic rings. The lowest BCUT2D eigenvalue weighted by molar-refractivity contribution is -0.158. The molecule has 0 aliphatic carbocycles. The Morgan fingerprint density at radius 1 is 1.33 bits per heavy atom. The van der Waals surface area contributed by atoms with E-state index in [0.29, 0.717) is 17.5 Å². The minimum atomic E-state index is -1.44. The Labute approximate surface area is 179 Å². The minimum absolute atomic E-state index is 0.210. The third-order valence-corrected chi connectivity index (χ3v) is 4.94. The van der Waals surface area contributed by atoms with Crippen molar-refractivity contribution in [2.45, 2.75) is 57.8 Å². The average molecular weight is 436 g/mol. The first kappa shape index (κ1) is 22.0. The minimum Gasteiger partial charge on any atom is -0.459 e. The number of carbonyl (C=O) groups excluding carboxylic acids is 2. The Hall–Kier alpha value is -2.65. The highest BCUT2D eigenvalue weighted by molar-refractivity contribution is 6.33. The number of esters is 1. The second-order valence-electron chi connectivity index (χ2n) is 8.15. The number of carbonyl (C=O) groups is 2. The number of nitrogens with two attached hydrogens (primary N) is 2. The number of hydrogen-bond donors (Lipinski definition) is 2. The standard InChI is InChI=1S/C20H26ClN5O4/c1-20(2,3)30-18(28)16(17(27)25-19(22)23)15-11-10-24-26(13(11)8-7-12(15)21)14-6-4-5-9-29-14/h7-8,10,14,16H,4-6,9H2,1-3H3,(H4,22,23,25,27). The molecule has 1 saturated heterocycles. The number of halogens is 1. The number of aromatic nitrogens is 2. The average Bonchev–Trinajstić information content (AvgIpc) is 3.06. The van der Waals surface area contributed by atoms with Crippen molar-refractivity contribution in [2.75, 3.05) is 6.61 Å². The summed E-state index contributed by atoms with van der Waals surface area (Å²) in [6.07, 6.45) is 4.18. The van der Waals surface area contributed by atoms with E-state index in [2.05, 4.69) is 10.1 Å². The van der Waals surface area contributed by atoms with Crippen molar-refractivity contribution in [3.05, 3.63) is 28.9 Å². The largest absolute Gasteiger partial charge is 0.459 e. The van der Waals surface area contributed by atoms with E-state index in [1.54, 1.807) is 43.8 Å². The topological polar surface area (TPSA) is 135 Å². The number of aliphatic imine (C=N–C) groups is 1. The Bertz CT molecular complexity index is 985. The van der Waals surface area contributed by atoms with Crippen LogP contribution in [0.4, 0.5) is 0 Å². The van der Waals surface area contributed by atoms with Crippen LogP contribution in [0.2, 0.25) is 5.02 Å². The zero-order chi connectivity index (χ0) is 22.1. The van der Waals surface area contributed by atoms with Crippen LogP contribution in [-0.2, 0) is 19.1 Å². The molecule has 2 atom stereocenters. The van der Waals surface area contributed by atoms with Crippen LogP contribution in [0.15, 0.2) is 23.3 Å². The van der Waals surface area contributed by atoms with Crippen molar-refractivity contribution >= 4 is 40.3 Å². The van der Waals surface area contributed by atoms with E-state index >= 15 is 0 Å². The Kier molecular flexibility index (Phi) is 6.33. The van der Waals surface area contributed by atoms with E-state index in [4.69, 9.17) is 32.5 Å². The number of nitrogens with zero attached hydrogens (tertiary/aromatic N) is 3. The molecule has 1 amide bonds. The number of guanidine groups is 1. The van der Waals surface area contributed by atoms with Gasteiger partial charge in [-0.1, -0.05) is 11.6 Å². The van der Waals surface area contributed by atoms with Crippen molar-refractivity contribution in [3.8, 4) is 0 Å². The van der Waals surface area contributed by atoms with Gasteiger partial charge in [0.25, 0.3) is 5.91 Å². The molecule has 0 radical (unpaired) electrons. The zero-order valence-electron chi connectivity index (χ0n) is 17.2. The highest BCUT2D eigenvalue weighted by Crippen LogP contribution is 2.36. The fourth-order valence-electron chi connectivity index (χ4n) is 3.45. The number of hydrogen-bond acceptors (Lipinski definition) is 5. The van der Waals surface area contributed by atoms with Gasteiger partial charge < -0.3 is 20.9 Å². The molecule has 1 aliphatic heterocycles. The van der Waals surface area contributed by atoms with Gasteiger partial charge in [-0.25, -0.2) is 4.68 Å². The summed E-state index contributed by atoms with van der Waals surface area (Å²) in [4.78, 5) is 29.4. The van der Waals surface area contributed by atoms with Crippen LogP contribution < -0.4 is 11.5 Å². The molecule has 0 saturated carbocycles. The zero-order valence-corrected chi connectivity index (χ0v) is 18.0. The summed E-state index contributed by atoms with van der Waals surface area (Å²) in [5.41, 5.74) is 10.9. The quantitative estimate of drug-likeness (QED) is 0.326. The van der Waals surface area contributed by atoms with Gasteiger partial charge in [0, 0.05) is 22.6 Å². The first-order valence-electron chi connectivity index (χ1n) is 9.72. The van der Waals surface area contributed by atoms with E-state index in [-0.39, 0.29) is 16.8 Å². The summed E-state index contributed by atoms with van der Waals surface area (Å²) in [7, 11) is 0. The predicted octanol–water partition coefficient (Wildman–Crippen LogP) is 2.61. The van der Waals surface area contributed by atoms with Crippen molar-refractivity contribution in [2.24, 2.45) is 16.5 Å². The molecule has 1 fully saturated rings. The van der Waals surface area contributed by atoms with Crippen LogP contribution in [0.25, 0.3) is 10.9 Å². The van der Waals surface area contributed by atoms with E-state index in [1.807, 2.05) is 0 Å². The van der Waals surface area contributed by atoms with Gasteiger partial charge in [0.2, 0.25) is 0 Å². The molecular formula is C20H26ClN5O4. The van der Waals surface area contributed by atoms with E-state index in [0.717, 1.165) is 19.3 Å². The molecule has 162 valence electrons. The van der Waals surface area contributed by atoms with E-state index < -0.39 is 29.4 Å². The first-order valence-corrected chi connectivity index (χ1v) is 10.1. The fraction of sp³-hybridized carbons (Fsp3) is 0.500. The van der Waals surface area contributed by atoms with Gasteiger partial charge in [0.15, 0.2) is 18.1 Å². The summed E-state index contributed by atoms with van der Waals surface area (Å²) in [6, 6.07) is 3.39. The molecule has 30 heavy (non-hydrogen) atoms. The van der Waals surface area contributed by atoms with Crippen LogP contribution in [0.1, 0.15) is 57.7 Å². The molecule has 1 aliphatic rings. The second-order valence-corrected chi connectivity index (χ2v) is 8.55. The summed E-state index contributed by atoms with van der Waals surface area (Å²) in [5, 5.41) is 5.19. The van der Waals surface area contributed by atoms with Crippen LogP contribution in [0.3, 0.4) is 0 Å². The number of ether oxygens (including phenoxy) is 2. The molecule has 9 nitrogen and oxygen atoms in total. The summed E-state index contributed by atoms with van der Waals surface area (Å²) < 4.78 is 13.0. The fourth-order valence-corrected chi connectivity index (χ4v) is 3.72. The van der Waals surface area contributed by atoms with Crippen molar-refractivity contribution in [1.29, 1.82) is 0 Å². The number of rotatable bonds is 4. The van der Waals surface area contributed by atoms with Crippen LogP contribution >= 0.6 is 11.6 Å². The molecule has 1 aromatic carbocycles. The molecule has 2 unspecified atom stereocenters. The van der Waals surface area contributed by atoms with Crippen LogP contribution in [0.5, 0.6) is 0 Å². The summed E-state index contributed by atoms with van der Waals surface area (Å²) in [5.74, 6) is -3.55. The molecular weight excluding hydrogens is 410 g/mol. The lowest BCUT2D eigenvalue weighted by Crippen LogP contribution is -2.33. The molecule has 1 aromatic heterocycles. The Morgan fingerprint density at radius 3 is 2.67 bits per heavy atom. The number of benzene rings is 1. The van der Waals surface area contributed by atoms with Crippen LogP contribution in [-0.4, -0.2) is 39.8 Å². The third kappa shape index (κ3) is 4.73. The Balaban J connectivity index is 2.14. The number of fused-ring (bicyclic) bond motifs is 1. The number of amides is 1.